The van der Waals surface area contributed by atoms with Gasteiger partial charge in [-0.2, -0.15) is 0 Å². The van der Waals surface area contributed by atoms with Crippen molar-refractivity contribution in [3.8, 4) is 0 Å². The number of H-pyrrole nitrogens is 1. The van der Waals surface area contributed by atoms with Crippen LogP contribution in [0.5, 0.6) is 0 Å². The van der Waals surface area contributed by atoms with Gasteiger partial charge in [0.25, 0.3) is 0 Å². The lowest BCUT2D eigenvalue weighted by molar-refractivity contribution is -0.153. The predicted octanol–water partition coefficient (Wildman–Crippen LogP) is 5.00. The lowest BCUT2D eigenvalue weighted by Crippen LogP contribution is -2.56. The van der Waals surface area contributed by atoms with Crippen molar-refractivity contribution in [1.82, 2.24) is 9.88 Å². The minimum absolute atomic E-state index is 0.0603. The summed E-state index contributed by atoms with van der Waals surface area (Å²) in [6.07, 6.45) is 10.9. The van der Waals surface area contributed by atoms with Gasteiger partial charge in [-0.15, -0.1) is 0 Å². The van der Waals surface area contributed by atoms with Gasteiger partial charge in [-0.3, -0.25) is 4.79 Å². The quantitative estimate of drug-likeness (QED) is 0.766. The second-order valence-corrected chi connectivity index (χ2v) is 9.42. The van der Waals surface area contributed by atoms with Crippen molar-refractivity contribution in [2.24, 2.45) is 5.92 Å². The smallest absolute Gasteiger partial charge is 0.223 e. The van der Waals surface area contributed by atoms with E-state index in [0.717, 1.165) is 43.8 Å². The Morgan fingerprint density at radius 1 is 1.29 bits per heavy atom. The first-order valence-electron chi connectivity index (χ1n) is 11.1. The van der Waals surface area contributed by atoms with Crippen LogP contribution in [0, 0.1) is 5.92 Å². The highest BCUT2D eigenvalue weighted by Crippen LogP contribution is 2.43. The Morgan fingerprint density at radius 3 is 3.00 bits per heavy atom. The zero-order valence-corrected chi connectivity index (χ0v) is 17.0. The molecule has 3 atom stereocenters. The normalized spacial score (nSPS) is 28.5. The number of nitrogens with zero attached hydrogens (tertiary/aromatic N) is 1. The summed E-state index contributed by atoms with van der Waals surface area (Å²) < 4.78 is 6.44. The molecule has 3 fully saturated rings. The monoisotopic (exact) mass is 380 g/mol. The molecule has 2 heterocycles. The Labute approximate surface area is 167 Å². The highest BCUT2D eigenvalue weighted by Gasteiger charge is 2.45. The molecule has 3 unspecified atom stereocenters. The molecule has 2 aromatic rings. The number of ether oxygens (including phenoxy) is 1. The number of hydrogen-bond acceptors (Lipinski definition) is 2. The number of nitrogens with one attached hydrogen (secondary N) is 1. The Bertz CT molecular complexity index is 855. The summed E-state index contributed by atoms with van der Waals surface area (Å²) in [6, 6.07) is 8.75. The fourth-order valence-corrected chi connectivity index (χ4v) is 5.39. The molecule has 4 heteroatoms. The van der Waals surface area contributed by atoms with E-state index in [1.807, 2.05) is 6.07 Å². The van der Waals surface area contributed by atoms with Crippen molar-refractivity contribution >= 4 is 16.8 Å². The zero-order valence-electron chi connectivity index (χ0n) is 17.0. The largest absolute Gasteiger partial charge is 0.375 e. The van der Waals surface area contributed by atoms with E-state index < -0.39 is 0 Å². The number of para-hydroxylation sites is 1. The van der Waals surface area contributed by atoms with Crippen LogP contribution >= 0.6 is 0 Å². The van der Waals surface area contributed by atoms with E-state index in [-0.39, 0.29) is 11.5 Å². The number of likely N-dealkylation sites (tertiary alicyclic amines) is 1. The fraction of sp³-hybridized carbons (Fsp3) is 0.625. The van der Waals surface area contributed by atoms with E-state index in [0.29, 0.717) is 18.4 Å². The summed E-state index contributed by atoms with van der Waals surface area (Å²) in [5.41, 5.74) is 2.47. The molecular formula is C24H32N2O2. The van der Waals surface area contributed by atoms with Crippen LogP contribution in [-0.2, 0) is 9.53 Å². The maximum absolute atomic E-state index is 13.2. The molecule has 1 N–H and O–H groups in total. The molecule has 1 aliphatic heterocycles. The van der Waals surface area contributed by atoms with Crippen molar-refractivity contribution in [3.63, 3.8) is 0 Å². The van der Waals surface area contributed by atoms with Gasteiger partial charge in [0.2, 0.25) is 5.91 Å². The van der Waals surface area contributed by atoms with Crippen LogP contribution in [0.3, 0.4) is 0 Å². The zero-order chi connectivity index (χ0) is 19.1. The van der Waals surface area contributed by atoms with Gasteiger partial charge in [0.1, 0.15) is 0 Å². The summed E-state index contributed by atoms with van der Waals surface area (Å²) in [4.78, 5) is 18.7. The molecule has 1 aromatic carbocycles. The molecule has 28 heavy (non-hydrogen) atoms. The van der Waals surface area contributed by atoms with Gasteiger partial charge in [0.05, 0.1) is 12.2 Å². The molecule has 2 bridgehead atoms. The Hall–Kier alpha value is -1.81. The lowest BCUT2D eigenvalue weighted by atomic mass is 9.75. The molecule has 3 aliphatic rings. The Morgan fingerprint density at radius 2 is 2.14 bits per heavy atom. The van der Waals surface area contributed by atoms with Gasteiger partial charge >= 0.3 is 0 Å². The maximum atomic E-state index is 13.2. The predicted molar refractivity (Wildman–Crippen MR) is 111 cm³/mol. The van der Waals surface area contributed by atoms with Crippen LogP contribution in [-0.4, -0.2) is 40.6 Å². The van der Waals surface area contributed by atoms with Crippen molar-refractivity contribution in [3.05, 3.63) is 36.0 Å². The van der Waals surface area contributed by atoms with Crippen molar-refractivity contribution < 1.29 is 9.53 Å². The molecule has 0 radical (unpaired) electrons. The fourth-order valence-electron chi connectivity index (χ4n) is 5.39. The summed E-state index contributed by atoms with van der Waals surface area (Å²) in [5.74, 6) is 1.36. The van der Waals surface area contributed by atoms with Crippen molar-refractivity contribution in [1.29, 1.82) is 0 Å². The number of carbonyl (C=O) groups is 1. The van der Waals surface area contributed by atoms with E-state index >= 15 is 0 Å². The van der Waals surface area contributed by atoms with Gasteiger partial charge in [0, 0.05) is 36.1 Å². The second-order valence-electron chi connectivity index (χ2n) is 9.42. The number of rotatable bonds is 6. The van der Waals surface area contributed by atoms with Crippen LogP contribution in [0.25, 0.3) is 10.9 Å². The molecule has 5 rings (SSSR count). The molecule has 2 aliphatic carbocycles. The third-order valence-electron chi connectivity index (χ3n) is 7.30. The van der Waals surface area contributed by atoms with E-state index in [9.17, 15) is 4.79 Å². The number of amides is 1. The number of carbonyl (C=O) groups excluding carboxylic acids is 1. The van der Waals surface area contributed by atoms with Crippen molar-refractivity contribution in [2.45, 2.75) is 75.9 Å². The average Bonchev–Trinajstić information content (AvgIpc) is 3.43. The molecule has 2 saturated carbocycles. The van der Waals surface area contributed by atoms with Crippen LogP contribution in [0.4, 0.5) is 0 Å². The van der Waals surface area contributed by atoms with Gasteiger partial charge in [-0.1, -0.05) is 25.1 Å². The Balaban J connectivity index is 1.24. The number of aromatic nitrogens is 1. The number of fused-ring (bicyclic) bond motifs is 3. The minimum atomic E-state index is 0.0603. The average molecular weight is 381 g/mol. The first kappa shape index (κ1) is 18.2. The van der Waals surface area contributed by atoms with Crippen LogP contribution in [0.1, 0.15) is 69.8 Å². The van der Waals surface area contributed by atoms with Crippen LogP contribution in [0.2, 0.25) is 0 Å². The first-order chi connectivity index (χ1) is 13.6. The SMILES string of the molecule is CC(CC(=O)N1CCC2(OCC3CC3)CCCC1C2)c1c[nH]c2ccccc12. The molecule has 4 nitrogen and oxygen atoms in total. The van der Waals surface area contributed by atoms with Crippen molar-refractivity contribution in [2.75, 3.05) is 13.2 Å². The van der Waals surface area contributed by atoms with Crippen LogP contribution < -0.4 is 0 Å². The molecule has 1 amide bonds. The third-order valence-corrected chi connectivity index (χ3v) is 7.30. The number of hydrogen-bond donors (Lipinski definition) is 1. The van der Waals surface area contributed by atoms with Gasteiger partial charge in [-0.05, 0) is 68.4 Å². The molecule has 1 saturated heterocycles. The van der Waals surface area contributed by atoms with E-state index in [1.54, 1.807) is 0 Å². The number of benzene rings is 1. The topological polar surface area (TPSA) is 45.3 Å². The number of piperidine rings is 1. The third kappa shape index (κ3) is 3.47. The summed E-state index contributed by atoms with van der Waals surface area (Å²) in [6.45, 7) is 3.99. The van der Waals surface area contributed by atoms with Gasteiger partial charge in [-0.25, -0.2) is 0 Å². The summed E-state index contributed by atoms with van der Waals surface area (Å²) >= 11 is 0. The minimum Gasteiger partial charge on any atom is -0.375 e. The molecular weight excluding hydrogens is 348 g/mol. The Kier molecular flexibility index (Phi) is 4.70. The van der Waals surface area contributed by atoms with Gasteiger partial charge in [0.15, 0.2) is 0 Å². The standard InChI is InChI=1S/C24H32N2O2/c1-17(21-15-25-22-7-3-2-6-20(21)22)13-23(27)26-12-11-24(28-16-18-8-9-18)10-4-5-19(26)14-24/h2-3,6-7,15,17-19,25H,4-5,8-14,16H2,1H3. The molecule has 1 aromatic heterocycles. The maximum Gasteiger partial charge on any atom is 0.223 e. The van der Waals surface area contributed by atoms with Gasteiger partial charge < -0.3 is 14.6 Å². The lowest BCUT2D eigenvalue weighted by Gasteiger charge is -2.50. The highest BCUT2D eigenvalue weighted by atomic mass is 16.5. The molecule has 150 valence electrons. The van der Waals surface area contributed by atoms with E-state index in [1.165, 1.54) is 36.6 Å². The molecule has 0 spiro atoms. The first-order valence-corrected chi connectivity index (χ1v) is 11.1. The summed E-state index contributed by atoms with van der Waals surface area (Å²) in [5, 5.41) is 1.24. The number of aromatic amines is 1. The van der Waals surface area contributed by atoms with Crippen LogP contribution in [0.15, 0.2) is 30.5 Å². The summed E-state index contributed by atoms with van der Waals surface area (Å²) in [7, 11) is 0. The highest BCUT2D eigenvalue weighted by molar-refractivity contribution is 5.85. The second kappa shape index (κ2) is 7.22. The van der Waals surface area contributed by atoms with E-state index in [4.69, 9.17) is 4.74 Å². The van der Waals surface area contributed by atoms with E-state index in [2.05, 4.69) is 41.2 Å².